The van der Waals surface area contributed by atoms with Crippen LogP contribution >= 0.6 is 11.3 Å². The third-order valence-electron chi connectivity index (χ3n) is 8.15. The number of pyridine rings is 1. The van der Waals surface area contributed by atoms with Crippen LogP contribution in [-0.2, 0) is 22.4 Å². The molecule has 2 aromatic heterocycles. The summed E-state index contributed by atoms with van der Waals surface area (Å²) in [5.41, 5.74) is 9.53. The Hall–Kier alpha value is -2.78. The van der Waals surface area contributed by atoms with Crippen molar-refractivity contribution in [3.63, 3.8) is 0 Å². The highest BCUT2D eigenvalue weighted by Crippen LogP contribution is 2.40. The van der Waals surface area contributed by atoms with Crippen molar-refractivity contribution in [1.29, 1.82) is 0 Å². The van der Waals surface area contributed by atoms with Crippen LogP contribution in [0.25, 0.3) is 6.08 Å². The van der Waals surface area contributed by atoms with Gasteiger partial charge in [-0.2, -0.15) is 0 Å². The predicted octanol–water partition coefficient (Wildman–Crippen LogP) is 3.94. The second-order valence-electron chi connectivity index (χ2n) is 11.1. The van der Waals surface area contributed by atoms with Crippen LogP contribution in [0.1, 0.15) is 67.1 Å². The summed E-state index contributed by atoms with van der Waals surface area (Å²) in [6.45, 7) is 9.13. The first-order valence-electron chi connectivity index (χ1n) is 13.5. The van der Waals surface area contributed by atoms with E-state index in [4.69, 9.17) is 10.7 Å². The Balaban J connectivity index is 1.37. The maximum atomic E-state index is 13.5. The van der Waals surface area contributed by atoms with Gasteiger partial charge in [0.15, 0.2) is 0 Å². The zero-order valence-corrected chi connectivity index (χ0v) is 23.1. The first-order chi connectivity index (χ1) is 17.7. The molecule has 1 unspecified atom stereocenters. The van der Waals surface area contributed by atoms with Crippen LogP contribution in [0, 0.1) is 11.8 Å². The molecule has 0 radical (unpaired) electrons. The number of rotatable bonds is 4. The van der Waals surface area contributed by atoms with E-state index < -0.39 is 11.8 Å². The van der Waals surface area contributed by atoms with Crippen LogP contribution in [0.15, 0.2) is 17.8 Å². The number of aryl methyl sites for hydroxylation is 1. The number of nitrogen functional groups attached to an aromatic ring is 1. The number of thiazole rings is 1. The van der Waals surface area contributed by atoms with Crippen LogP contribution in [0.5, 0.6) is 0 Å². The minimum absolute atomic E-state index is 0.0869. The number of anilines is 2. The summed E-state index contributed by atoms with van der Waals surface area (Å²) in [5, 5.41) is 4.00. The molecule has 2 fully saturated rings. The number of fused-ring (bicyclic) bond motifs is 1. The molecule has 0 saturated carbocycles. The van der Waals surface area contributed by atoms with Gasteiger partial charge in [-0.15, -0.1) is 11.3 Å². The molecule has 1 aliphatic carbocycles. The Morgan fingerprint density at radius 1 is 1.22 bits per heavy atom. The van der Waals surface area contributed by atoms with Crippen molar-refractivity contribution in [3.05, 3.63) is 39.0 Å². The number of amides is 2. The van der Waals surface area contributed by atoms with Gasteiger partial charge < -0.3 is 20.9 Å². The molecule has 9 heteroatoms. The highest BCUT2D eigenvalue weighted by Gasteiger charge is 2.38. The van der Waals surface area contributed by atoms with Crippen LogP contribution in [0.3, 0.4) is 0 Å². The Bertz CT molecular complexity index is 1220. The van der Waals surface area contributed by atoms with Crippen LogP contribution < -0.4 is 11.1 Å². The standard InChI is InChI=1S/C28H38N6O2S/c1-5-18-11-20(13-30-25(18)29)31-26(35)28(36)34-14-16(2)6-7-23(34)21-12-22-24(10-17(21)3)37-27(32-22)19-8-9-33(4)15-19/h11-13,16-17,19,23H,5-10,14-15H2,1-4H3,(H2,29,30)(H,31,35)/t16-,17-,19+,23?/m0/s1. The number of aromatic nitrogens is 2. The highest BCUT2D eigenvalue weighted by atomic mass is 32.1. The fourth-order valence-electron chi connectivity index (χ4n) is 5.98. The molecular weight excluding hydrogens is 484 g/mol. The highest BCUT2D eigenvalue weighted by molar-refractivity contribution is 7.12. The Labute approximate surface area is 223 Å². The lowest BCUT2D eigenvalue weighted by molar-refractivity contribution is -0.145. The Morgan fingerprint density at radius 3 is 2.76 bits per heavy atom. The van der Waals surface area contributed by atoms with E-state index in [1.54, 1.807) is 11.0 Å². The number of nitrogens with one attached hydrogen (secondary N) is 1. The molecule has 2 saturated heterocycles. The molecule has 5 rings (SSSR count). The molecule has 2 amide bonds. The molecule has 0 bridgehead atoms. The van der Waals surface area contributed by atoms with Crippen molar-refractivity contribution in [2.75, 3.05) is 37.7 Å². The smallest absolute Gasteiger partial charge is 0.313 e. The largest absolute Gasteiger partial charge is 0.383 e. The first kappa shape index (κ1) is 25.9. The summed E-state index contributed by atoms with van der Waals surface area (Å²) in [7, 11) is 2.17. The lowest BCUT2D eigenvalue weighted by Gasteiger charge is -2.41. The molecule has 8 nitrogen and oxygen atoms in total. The fourth-order valence-corrected chi connectivity index (χ4v) is 7.28. The van der Waals surface area contributed by atoms with Gasteiger partial charge in [-0.1, -0.05) is 20.8 Å². The van der Waals surface area contributed by atoms with Gasteiger partial charge in [0.1, 0.15) is 5.82 Å². The number of carbonyl (C=O) groups is 2. The number of hydrogen-bond acceptors (Lipinski definition) is 7. The van der Waals surface area contributed by atoms with Crippen LogP contribution in [-0.4, -0.2) is 64.3 Å². The third-order valence-corrected chi connectivity index (χ3v) is 9.40. The summed E-state index contributed by atoms with van der Waals surface area (Å²) in [6, 6.07) is 1.70. The number of nitrogens with two attached hydrogens (primary N) is 1. The van der Waals surface area contributed by atoms with E-state index in [1.807, 2.05) is 18.3 Å². The summed E-state index contributed by atoms with van der Waals surface area (Å²) >= 11 is 1.86. The van der Waals surface area contributed by atoms with Gasteiger partial charge in [-0.25, -0.2) is 9.97 Å². The van der Waals surface area contributed by atoms with Crippen molar-refractivity contribution in [2.45, 2.75) is 64.8 Å². The van der Waals surface area contributed by atoms with Gasteiger partial charge in [0, 0.05) is 23.9 Å². The molecule has 4 heterocycles. The lowest BCUT2D eigenvalue weighted by atomic mass is 9.80. The molecule has 198 valence electrons. The van der Waals surface area contributed by atoms with Gasteiger partial charge >= 0.3 is 11.8 Å². The minimum Gasteiger partial charge on any atom is -0.383 e. The minimum atomic E-state index is -0.626. The molecule has 3 N–H and O–H groups in total. The summed E-state index contributed by atoms with van der Waals surface area (Å²) in [5.74, 6) is 0.494. The molecule has 2 aromatic rings. The first-order valence-corrected chi connectivity index (χ1v) is 14.3. The number of piperidine rings is 1. The normalized spacial score (nSPS) is 26.1. The maximum Gasteiger partial charge on any atom is 0.313 e. The summed E-state index contributed by atoms with van der Waals surface area (Å²) < 4.78 is 0. The van der Waals surface area contributed by atoms with E-state index in [1.165, 1.54) is 21.7 Å². The summed E-state index contributed by atoms with van der Waals surface area (Å²) in [6.07, 6.45) is 8.43. The molecule has 0 aromatic carbocycles. The van der Waals surface area contributed by atoms with Gasteiger partial charge in [-0.3, -0.25) is 9.59 Å². The van der Waals surface area contributed by atoms with Crippen molar-refractivity contribution in [3.8, 4) is 0 Å². The van der Waals surface area contributed by atoms with E-state index in [2.05, 4.69) is 42.2 Å². The van der Waals surface area contributed by atoms with Gasteiger partial charge in [0.2, 0.25) is 0 Å². The Morgan fingerprint density at radius 2 is 2.03 bits per heavy atom. The molecule has 4 atom stereocenters. The van der Waals surface area contributed by atoms with Gasteiger partial charge in [0.05, 0.1) is 28.6 Å². The number of carbonyl (C=O) groups excluding carboxylic acids is 2. The molecule has 37 heavy (non-hydrogen) atoms. The van der Waals surface area contributed by atoms with E-state index in [9.17, 15) is 9.59 Å². The van der Waals surface area contributed by atoms with Crippen molar-refractivity contribution >= 4 is 40.7 Å². The number of hydrogen-bond donors (Lipinski definition) is 2. The van der Waals surface area contributed by atoms with Gasteiger partial charge in [-0.05, 0) is 80.8 Å². The van der Waals surface area contributed by atoms with E-state index in [-0.39, 0.29) is 6.04 Å². The van der Waals surface area contributed by atoms with Crippen molar-refractivity contribution in [1.82, 2.24) is 19.8 Å². The average Bonchev–Trinajstić information content (AvgIpc) is 3.49. The maximum absolute atomic E-state index is 13.5. The second-order valence-corrected chi connectivity index (χ2v) is 12.2. The summed E-state index contributed by atoms with van der Waals surface area (Å²) in [4.78, 5) is 41.3. The Kier molecular flexibility index (Phi) is 7.36. The molecule has 2 aliphatic heterocycles. The van der Waals surface area contributed by atoms with Crippen LogP contribution in [0.2, 0.25) is 0 Å². The van der Waals surface area contributed by atoms with E-state index in [0.717, 1.165) is 50.0 Å². The number of nitrogens with zero attached hydrogens (tertiary/aromatic N) is 4. The van der Waals surface area contributed by atoms with E-state index >= 15 is 0 Å². The number of likely N-dealkylation sites (tertiary alicyclic amines) is 2. The lowest BCUT2D eigenvalue weighted by Crippen LogP contribution is -2.52. The number of likely N-dealkylation sites (N-methyl/N-ethyl adjacent to an activating group) is 1. The zero-order valence-electron chi connectivity index (χ0n) is 22.3. The molecular formula is C28H38N6O2S. The topological polar surface area (TPSA) is 104 Å². The van der Waals surface area contributed by atoms with Gasteiger partial charge in [0.25, 0.3) is 0 Å². The SMILES string of the molecule is CCc1cc(NC(=O)C(=O)N2C[C@@H](C)CCC2C2=Cc3nc([C@@H]4CCN(C)C4)sc3C[C@@H]2C)cnc1N. The molecule has 3 aliphatic rings. The predicted molar refractivity (Wildman–Crippen MR) is 148 cm³/mol. The average molecular weight is 523 g/mol. The van der Waals surface area contributed by atoms with Crippen molar-refractivity contribution in [2.24, 2.45) is 11.8 Å². The molecule has 0 spiro atoms. The quantitative estimate of drug-likeness (QED) is 0.590. The third kappa shape index (κ3) is 5.29. The van der Waals surface area contributed by atoms with Crippen molar-refractivity contribution < 1.29 is 9.59 Å². The fraction of sp³-hybridized carbons (Fsp3) is 0.571. The zero-order chi connectivity index (χ0) is 26.3. The van der Waals surface area contributed by atoms with Crippen LogP contribution in [0.4, 0.5) is 11.5 Å². The monoisotopic (exact) mass is 522 g/mol. The van der Waals surface area contributed by atoms with E-state index in [0.29, 0.717) is 42.2 Å². The second kappa shape index (κ2) is 10.5.